The maximum atomic E-state index is 5.77. The first-order valence-electron chi connectivity index (χ1n) is 8.23. The molecular weight excluding hydrogens is 266 g/mol. The first kappa shape index (κ1) is 14.4. The Kier molecular flexibility index (Phi) is 4.72. The van der Waals surface area contributed by atoms with Crippen LogP contribution in [0.2, 0.25) is 0 Å². The highest BCUT2D eigenvalue weighted by Gasteiger charge is 2.19. The molecule has 0 amide bonds. The van der Waals surface area contributed by atoms with Gasteiger partial charge in [0.1, 0.15) is 0 Å². The highest BCUT2D eigenvalue weighted by Crippen LogP contribution is 2.29. The van der Waals surface area contributed by atoms with Gasteiger partial charge in [0, 0.05) is 19.6 Å². The normalized spacial score (nSPS) is 18.6. The van der Waals surface area contributed by atoms with Gasteiger partial charge in [-0.05, 0) is 32.1 Å². The third-order valence-corrected chi connectivity index (χ3v) is 4.31. The van der Waals surface area contributed by atoms with Crippen molar-refractivity contribution in [3.8, 4) is 6.01 Å². The van der Waals surface area contributed by atoms with Gasteiger partial charge in [-0.15, -0.1) is 0 Å². The molecule has 0 aromatic carbocycles. The minimum atomic E-state index is 0.460. The van der Waals surface area contributed by atoms with Crippen molar-refractivity contribution in [3.05, 3.63) is 0 Å². The number of hydrogen-bond acceptors (Lipinski definition) is 6. The lowest BCUT2D eigenvalue weighted by atomic mass is 9.83. The van der Waals surface area contributed by atoms with E-state index >= 15 is 0 Å². The number of ether oxygens (including phenoxy) is 1. The Hall–Kier alpha value is -1.59. The van der Waals surface area contributed by atoms with Crippen LogP contribution < -0.4 is 15.0 Å². The van der Waals surface area contributed by atoms with Crippen molar-refractivity contribution in [1.29, 1.82) is 0 Å². The van der Waals surface area contributed by atoms with E-state index in [9.17, 15) is 0 Å². The maximum absolute atomic E-state index is 5.77. The first-order chi connectivity index (χ1) is 10.3. The topological polar surface area (TPSA) is 63.2 Å². The minimum absolute atomic E-state index is 0.460. The maximum Gasteiger partial charge on any atom is 0.323 e. The monoisotopic (exact) mass is 291 g/mol. The molecule has 0 spiro atoms. The van der Waals surface area contributed by atoms with Gasteiger partial charge in [0.05, 0.1) is 6.61 Å². The van der Waals surface area contributed by atoms with Crippen LogP contribution in [0.25, 0.3) is 0 Å². The zero-order chi connectivity index (χ0) is 14.5. The van der Waals surface area contributed by atoms with Crippen molar-refractivity contribution >= 4 is 11.9 Å². The zero-order valence-corrected chi connectivity index (χ0v) is 12.8. The number of rotatable bonds is 7. The molecule has 116 valence electrons. The highest BCUT2D eigenvalue weighted by molar-refractivity contribution is 5.39. The lowest BCUT2D eigenvalue weighted by Crippen LogP contribution is -2.22. The van der Waals surface area contributed by atoms with E-state index in [1.54, 1.807) is 0 Å². The molecule has 1 saturated heterocycles. The van der Waals surface area contributed by atoms with Crippen LogP contribution in [0.3, 0.4) is 0 Å². The predicted molar refractivity (Wildman–Crippen MR) is 82.9 cm³/mol. The van der Waals surface area contributed by atoms with E-state index in [1.165, 1.54) is 32.1 Å². The Morgan fingerprint density at radius 2 is 1.95 bits per heavy atom. The van der Waals surface area contributed by atoms with Gasteiger partial charge < -0.3 is 15.0 Å². The Balaban J connectivity index is 1.64. The molecule has 0 unspecified atom stereocenters. The van der Waals surface area contributed by atoms with Crippen molar-refractivity contribution in [2.24, 2.45) is 5.92 Å². The molecule has 0 radical (unpaired) electrons. The summed E-state index contributed by atoms with van der Waals surface area (Å²) in [5.41, 5.74) is 0. The average molecular weight is 291 g/mol. The Labute approximate surface area is 126 Å². The van der Waals surface area contributed by atoms with Crippen LogP contribution in [-0.4, -0.2) is 41.2 Å². The van der Waals surface area contributed by atoms with E-state index in [0.29, 0.717) is 18.6 Å². The summed E-state index contributed by atoms with van der Waals surface area (Å²) < 4.78 is 5.77. The van der Waals surface area contributed by atoms with Gasteiger partial charge in [-0.3, -0.25) is 0 Å². The highest BCUT2D eigenvalue weighted by atomic mass is 16.5. The van der Waals surface area contributed by atoms with Gasteiger partial charge in [-0.25, -0.2) is 0 Å². The molecule has 0 atom stereocenters. The van der Waals surface area contributed by atoms with Crippen LogP contribution in [0.15, 0.2) is 0 Å². The molecule has 21 heavy (non-hydrogen) atoms. The third-order valence-electron chi connectivity index (χ3n) is 4.31. The van der Waals surface area contributed by atoms with Crippen molar-refractivity contribution in [3.63, 3.8) is 0 Å². The Morgan fingerprint density at radius 1 is 1.14 bits per heavy atom. The molecule has 2 fully saturated rings. The second-order valence-corrected chi connectivity index (χ2v) is 5.90. The van der Waals surface area contributed by atoms with Crippen molar-refractivity contribution < 1.29 is 4.74 Å². The number of anilines is 2. The molecule has 1 saturated carbocycles. The first-order valence-corrected chi connectivity index (χ1v) is 8.23. The minimum Gasteiger partial charge on any atom is -0.463 e. The smallest absolute Gasteiger partial charge is 0.323 e. The fourth-order valence-corrected chi connectivity index (χ4v) is 2.80. The second kappa shape index (κ2) is 6.91. The lowest BCUT2D eigenvalue weighted by Gasteiger charge is -2.24. The molecule has 2 aliphatic rings. The number of aromatic nitrogens is 3. The van der Waals surface area contributed by atoms with Crippen molar-refractivity contribution in [2.45, 2.75) is 45.4 Å². The van der Waals surface area contributed by atoms with E-state index in [1.807, 2.05) is 6.92 Å². The number of hydrogen-bond donors (Lipinski definition) is 1. The van der Waals surface area contributed by atoms with Crippen LogP contribution in [0.1, 0.15) is 45.4 Å². The zero-order valence-electron chi connectivity index (χ0n) is 12.8. The van der Waals surface area contributed by atoms with Gasteiger partial charge in [-0.1, -0.05) is 19.3 Å². The Bertz CT molecular complexity index is 457. The quantitative estimate of drug-likeness (QED) is 0.832. The second-order valence-electron chi connectivity index (χ2n) is 5.90. The molecule has 0 bridgehead atoms. The van der Waals surface area contributed by atoms with Gasteiger partial charge in [0.15, 0.2) is 0 Å². The average Bonchev–Trinajstić information content (AvgIpc) is 2.96. The summed E-state index contributed by atoms with van der Waals surface area (Å²) in [4.78, 5) is 15.5. The largest absolute Gasteiger partial charge is 0.463 e. The van der Waals surface area contributed by atoms with E-state index in [0.717, 1.165) is 37.9 Å². The van der Waals surface area contributed by atoms with Gasteiger partial charge >= 0.3 is 6.01 Å². The fourth-order valence-electron chi connectivity index (χ4n) is 2.80. The standard InChI is InChI=1S/C15H25N5O/c1-2-16-13-17-14(20-9-3-4-10-20)19-15(18-13)21-11-8-12-6-5-7-12/h12H,2-11H2,1H3,(H,16,17,18,19). The SMILES string of the molecule is CCNc1nc(OCCC2CCC2)nc(N2CCCC2)n1. The molecule has 1 aliphatic heterocycles. The molecule has 6 nitrogen and oxygen atoms in total. The molecule has 1 aliphatic carbocycles. The van der Waals surface area contributed by atoms with Crippen molar-refractivity contribution in [1.82, 2.24) is 15.0 Å². The predicted octanol–water partition coefficient (Wildman–Crippen LogP) is 2.47. The fraction of sp³-hybridized carbons (Fsp3) is 0.800. The third kappa shape index (κ3) is 3.74. The van der Waals surface area contributed by atoms with E-state index in [4.69, 9.17) is 4.74 Å². The van der Waals surface area contributed by atoms with Crippen LogP contribution in [-0.2, 0) is 0 Å². The molecule has 3 rings (SSSR count). The number of nitrogens with one attached hydrogen (secondary N) is 1. The van der Waals surface area contributed by atoms with E-state index in [-0.39, 0.29) is 0 Å². The molecule has 2 heterocycles. The Morgan fingerprint density at radius 3 is 2.62 bits per heavy atom. The molecule has 6 heteroatoms. The summed E-state index contributed by atoms with van der Waals surface area (Å²) >= 11 is 0. The van der Waals surface area contributed by atoms with E-state index < -0.39 is 0 Å². The van der Waals surface area contributed by atoms with Crippen LogP contribution >= 0.6 is 0 Å². The summed E-state index contributed by atoms with van der Waals surface area (Å²) in [6.07, 6.45) is 7.60. The summed E-state index contributed by atoms with van der Waals surface area (Å²) in [7, 11) is 0. The van der Waals surface area contributed by atoms with Gasteiger partial charge in [0.25, 0.3) is 0 Å². The summed E-state index contributed by atoms with van der Waals surface area (Å²) in [6.45, 7) is 5.59. The summed E-state index contributed by atoms with van der Waals surface area (Å²) in [5, 5.41) is 3.16. The van der Waals surface area contributed by atoms with E-state index in [2.05, 4.69) is 25.2 Å². The van der Waals surface area contributed by atoms with Gasteiger partial charge in [0.2, 0.25) is 11.9 Å². The number of nitrogens with zero attached hydrogens (tertiary/aromatic N) is 4. The van der Waals surface area contributed by atoms with Gasteiger partial charge in [-0.2, -0.15) is 15.0 Å². The van der Waals surface area contributed by atoms with Crippen LogP contribution in [0, 0.1) is 5.92 Å². The summed E-state index contributed by atoms with van der Waals surface area (Å²) in [6, 6.07) is 0.460. The van der Waals surface area contributed by atoms with Crippen LogP contribution in [0.5, 0.6) is 6.01 Å². The molecule has 1 aromatic rings. The molecule has 1 N–H and O–H groups in total. The molecular formula is C15H25N5O. The van der Waals surface area contributed by atoms with Crippen molar-refractivity contribution in [2.75, 3.05) is 36.5 Å². The molecule has 1 aromatic heterocycles. The lowest BCUT2D eigenvalue weighted by molar-refractivity contribution is 0.212. The summed E-state index contributed by atoms with van der Waals surface area (Å²) in [5.74, 6) is 2.21. The van der Waals surface area contributed by atoms with Crippen LogP contribution in [0.4, 0.5) is 11.9 Å².